The van der Waals surface area contributed by atoms with Crippen LogP contribution in [-0.2, 0) is 21.6 Å². The van der Waals surface area contributed by atoms with Crippen LogP contribution in [0.5, 0.6) is 0 Å². The molecule has 0 bridgehead atoms. The van der Waals surface area contributed by atoms with E-state index in [2.05, 4.69) is 10.3 Å². The number of alkyl halides is 2. The molecule has 0 aliphatic rings. The topological polar surface area (TPSA) is 118 Å². The van der Waals surface area contributed by atoms with Crippen LogP contribution in [0, 0.1) is 11.3 Å². The van der Waals surface area contributed by atoms with Crippen LogP contribution in [0.3, 0.4) is 0 Å². The zero-order chi connectivity index (χ0) is 25.2. The first kappa shape index (κ1) is 24.0. The molecule has 0 fully saturated rings. The number of nitriles is 1. The SMILES string of the molecule is CN(OS(=O)O)c1ccc2cc(C(=O)Nc3cccc(C(F)(F)c4cccc(C#N)c4)c3)[nH]c2c1. The summed E-state index contributed by atoms with van der Waals surface area (Å²) in [4.78, 5) is 15.7. The maximum Gasteiger partial charge on any atom is 0.325 e. The van der Waals surface area contributed by atoms with E-state index >= 15 is 8.78 Å². The Kier molecular flexibility index (Phi) is 6.61. The largest absolute Gasteiger partial charge is 0.350 e. The standard InChI is InChI=1S/C24H18F2N4O4S/c1-30(34-35(32)33)20-9-8-16-11-22(29-21(16)13-20)23(31)28-19-7-3-6-18(12-19)24(25,26)17-5-2-4-15(10-17)14-27/h2-13,29H,1H3,(H,28,31)(H,32,33). The first-order valence-electron chi connectivity index (χ1n) is 10.1. The third-order valence-electron chi connectivity index (χ3n) is 5.23. The number of halogens is 2. The van der Waals surface area contributed by atoms with Crippen molar-refractivity contribution in [3.05, 3.63) is 95.2 Å². The molecule has 11 heteroatoms. The average molecular weight is 496 g/mol. The molecule has 35 heavy (non-hydrogen) atoms. The van der Waals surface area contributed by atoms with Crippen LogP contribution in [0.1, 0.15) is 27.2 Å². The van der Waals surface area contributed by atoms with Gasteiger partial charge in [-0.05, 0) is 42.5 Å². The molecule has 4 aromatic rings. The normalized spacial score (nSPS) is 12.2. The second-order valence-electron chi connectivity index (χ2n) is 7.55. The Bertz CT molecular complexity index is 1480. The summed E-state index contributed by atoms with van der Waals surface area (Å²) < 4.78 is 54.6. The number of nitrogens with zero attached hydrogens (tertiary/aromatic N) is 2. The Balaban J connectivity index is 1.56. The molecule has 0 saturated carbocycles. The fourth-order valence-electron chi connectivity index (χ4n) is 3.51. The molecule has 1 heterocycles. The van der Waals surface area contributed by atoms with Gasteiger partial charge in [0.2, 0.25) is 0 Å². The highest BCUT2D eigenvalue weighted by Gasteiger charge is 2.34. The Morgan fingerprint density at radius 3 is 2.54 bits per heavy atom. The number of amides is 1. The second kappa shape index (κ2) is 9.63. The lowest BCUT2D eigenvalue weighted by atomic mass is 9.98. The predicted molar refractivity (Wildman–Crippen MR) is 127 cm³/mol. The molecule has 3 N–H and O–H groups in total. The highest BCUT2D eigenvalue weighted by molar-refractivity contribution is 7.74. The second-order valence-corrected chi connectivity index (χ2v) is 8.13. The number of H-pyrrole nitrogens is 1. The number of hydroxylamine groups is 1. The third kappa shape index (κ3) is 5.20. The maximum absolute atomic E-state index is 15.1. The summed E-state index contributed by atoms with van der Waals surface area (Å²) in [5.74, 6) is -3.92. The summed E-state index contributed by atoms with van der Waals surface area (Å²) in [6, 6.07) is 18.9. The minimum Gasteiger partial charge on any atom is -0.350 e. The van der Waals surface area contributed by atoms with Crippen LogP contribution in [0.25, 0.3) is 10.9 Å². The summed E-state index contributed by atoms with van der Waals surface area (Å²) in [6.07, 6.45) is 0. The zero-order valence-electron chi connectivity index (χ0n) is 18.2. The van der Waals surface area contributed by atoms with E-state index in [9.17, 15) is 9.00 Å². The number of aromatic amines is 1. The summed E-state index contributed by atoms with van der Waals surface area (Å²) in [6.45, 7) is 0. The number of hydrogen-bond acceptors (Lipinski definition) is 5. The van der Waals surface area contributed by atoms with Crippen molar-refractivity contribution in [2.75, 3.05) is 17.4 Å². The van der Waals surface area contributed by atoms with Crippen molar-refractivity contribution in [1.82, 2.24) is 4.98 Å². The highest BCUT2D eigenvalue weighted by atomic mass is 32.2. The van der Waals surface area contributed by atoms with Crippen molar-refractivity contribution in [1.29, 1.82) is 5.26 Å². The van der Waals surface area contributed by atoms with Crippen molar-refractivity contribution < 1.29 is 26.6 Å². The van der Waals surface area contributed by atoms with Gasteiger partial charge in [0.15, 0.2) is 0 Å². The lowest BCUT2D eigenvalue weighted by molar-refractivity contribution is 0.0428. The lowest BCUT2D eigenvalue weighted by Crippen LogP contribution is -2.18. The van der Waals surface area contributed by atoms with Gasteiger partial charge in [0.25, 0.3) is 11.8 Å². The van der Waals surface area contributed by atoms with E-state index in [1.807, 2.05) is 6.07 Å². The van der Waals surface area contributed by atoms with Crippen LogP contribution < -0.4 is 10.4 Å². The van der Waals surface area contributed by atoms with E-state index in [1.54, 1.807) is 24.3 Å². The van der Waals surface area contributed by atoms with E-state index < -0.39 is 23.2 Å². The van der Waals surface area contributed by atoms with Gasteiger partial charge in [0, 0.05) is 34.8 Å². The van der Waals surface area contributed by atoms with Gasteiger partial charge < -0.3 is 10.3 Å². The fourth-order valence-corrected chi connectivity index (χ4v) is 3.79. The van der Waals surface area contributed by atoms with Crippen molar-refractivity contribution >= 4 is 39.5 Å². The molecule has 0 aliphatic heterocycles. The summed E-state index contributed by atoms with van der Waals surface area (Å²) >= 11 is -2.49. The van der Waals surface area contributed by atoms with Crippen LogP contribution in [0.2, 0.25) is 0 Å². The number of rotatable bonds is 7. The van der Waals surface area contributed by atoms with Gasteiger partial charge in [0.1, 0.15) is 5.69 Å². The number of aromatic nitrogens is 1. The number of carbonyl (C=O) groups excluding carboxylic acids is 1. The number of anilines is 2. The predicted octanol–water partition coefficient (Wildman–Crippen LogP) is 4.94. The number of benzene rings is 3. The number of carbonyl (C=O) groups is 1. The number of nitrogens with one attached hydrogen (secondary N) is 2. The third-order valence-corrected chi connectivity index (χ3v) is 5.58. The number of hydrogen-bond donors (Lipinski definition) is 3. The van der Waals surface area contributed by atoms with E-state index in [4.69, 9.17) is 14.1 Å². The van der Waals surface area contributed by atoms with Crippen molar-refractivity contribution in [3.8, 4) is 6.07 Å². The lowest BCUT2D eigenvalue weighted by Gasteiger charge is -2.18. The molecule has 8 nitrogen and oxygen atoms in total. The molecule has 178 valence electrons. The molecule has 1 aromatic heterocycles. The Labute approximate surface area is 201 Å². The molecule has 1 amide bonds. The average Bonchev–Trinajstić information content (AvgIpc) is 3.27. The Hall–Kier alpha value is -4.11. The highest BCUT2D eigenvalue weighted by Crippen LogP contribution is 2.37. The molecule has 1 atom stereocenters. The van der Waals surface area contributed by atoms with Crippen LogP contribution in [0.4, 0.5) is 20.2 Å². The van der Waals surface area contributed by atoms with Gasteiger partial charge in [-0.3, -0.25) is 9.35 Å². The molecular formula is C24H18F2N4O4S. The Morgan fingerprint density at radius 2 is 1.83 bits per heavy atom. The first-order chi connectivity index (χ1) is 16.7. The van der Waals surface area contributed by atoms with Gasteiger partial charge in [-0.25, -0.2) is 5.06 Å². The Morgan fingerprint density at radius 1 is 1.11 bits per heavy atom. The number of fused-ring (bicyclic) bond motifs is 1. The smallest absolute Gasteiger partial charge is 0.325 e. The van der Waals surface area contributed by atoms with Crippen molar-refractivity contribution in [2.24, 2.45) is 0 Å². The monoisotopic (exact) mass is 496 g/mol. The molecule has 0 spiro atoms. The van der Waals surface area contributed by atoms with Gasteiger partial charge >= 0.3 is 11.4 Å². The molecule has 1 unspecified atom stereocenters. The molecule has 4 rings (SSSR count). The van der Waals surface area contributed by atoms with Crippen LogP contribution >= 0.6 is 0 Å². The van der Waals surface area contributed by atoms with Gasteiger partial charge in [-0.2, -0.15) is 18.3 Å². The van der Waals surface area contributed by atoms with Crippen molar-refractivity contribution in [2.45, 2.75) is 5.92 Å². The summed E-state index contributed by atoms with van der Waals surface area (Å²) in [7, 11) is 1.45. The zero-order valence-corrected chi connectivity index (χ0v) is 19.0. The maximum atomic E-state index is 15.1. The molecule has 3 aromatic carbocycles. The van der Waals surface area contributed by atoms with E-state index in [1.165, 1.54) is 49.5 Å². The minimum atomic E-state index is -3.38. The quantitative estimate of drug-likeness (QED) is 0.246. The van der Waals surface area contributed by atoms with Crippen LogP contribution in [-0.4, -0.2) is 26.7 Å². The summed E-state index contributed by atoms with van der Waals surface area (Å²) in [5.41, 5.74) is 0.831. The van der Waals surface area contributed by atoms with Gasteiger partial charge in [-0.1, -0.05) is 30.3 Å². The fraction of sp³-hybridized carbons (Fsp3) is 0.0833. The summed E-state index contributed by atoms with van der Waals surface area (Å²) in [5, 5.41) is 13.4. The van der Waals surface area contributed by atoms with Gasteiger partial charge in [0.05, 0.1) is 17.3 Å². The minimum absolute atomic E-state index is 0.121. The molecule has 0 radical (unpaired) electrons. The molecular weight excluding hydrogens is 478 g/mol. The molecule has 0 aliphatic carbocycles. The van der Waals surface area contributed by atoms with Crippen LogP contribution in [0.15, 0.2) is 72.8 Å². The first-order valence-corrected chi connectivity index (χ1v) is 11.2. The van der Waals surface area contributed by atoms with Gasteiger partial charge in [-0.15, -0.1) is 4.28 Å². The van der Waals surface area contributed by atoms with E-state index in [-0.39, 0.29) is 28.1 Å². The molecule has 0 saturated heterocycles. The van der Waals surface area contributed by atoms with Crippen molar-refractivity contribution in [3.63, 3.8) is 0 Å². The van der Waals surface area contributed by atoms with E-state index in [0.717, 1.165) is 11.1 Å². The van der Waals surface area contributed by atoms with E-state index in [0.29, 0.717) is 16.6 Å².